The van der Waals surface area contributed by atoms with E-state index in [-0.39, 0.29) is 28.3 Å². The van der Waals surface area contributed by atoms with Crippen molar-refractivity contribution in [2.45, 2.75) is 0 Å². The van der Waals surface area contributed by atoms with Crippen molar-refractivity contribution < 1.29 is 24.6 Å². The van der Waals surface area contributed by atoms with Gasteiger partial charge in [-0.05, 0) is 35.4 Å². The minimum atomic E-state index is -1.18. The van der Waals surface area contributed by atoms with Crippen LogP contribution in [0.25, 0.3) is 11.1 Å². The molecule has 6 heteroatoms. The highest BCUT2D eigenvalue weighted by Crippen LogP contribution is 2.38. The lowest BCUT2D eigenvalue weighted by Gasteiger charge is -2.11. The van der Waals surface area contributed by atoms with Crippen molar-refractivity contribution in [3.05, 3.63) is 82.9 Å². The van der Waals surface area contributed by atoms with Crippen molar-refractivity contribution in [1.29, 1.82) is 0 Å². The van der Waals surface area contributed by atoms with Gasteiger partial charge in [-0.25, -0.2) is 4.79 Å². The van der Waals surface area contributed by atoms with Gasteiger partial charge in [-0.15, -0.1) is 0 Å². The van der Waals surface area contributed by atoms with Gasteiger partial charge in [-0.1, -0.05) is 36.4 Å². The molecule has 3 aromatic rings. The largest absolute Gasteiger partial charge is 0.506 e. The number of carboxylic acids is 1. The highest BCUT2D eigenvalue weighted by Gasteiger charge is 2.30. The van der Waals surface area contributed by atoms with Crippen molar-refractivity contribution in [3.8, 4) is 16.9 Å². The summed E-state index contributed by atoms with van der Waals surface area (Å²) in [6, 6.07) is 15.7. The number of aromatic carboxylic acids is 1. The third-order valence-corrected chi connectivity index (χ3v) is 4.49. The number of anilines is 1. The van der Waals surface area contributed by atoms with E-state index in [0.29, 0.717) is 16.7 Å². The molecule has 3 N–H and O–H groups in total. The number of hydrogen-bond donors (Lipinski definition) is 3. The average molecular weight is 359 g/mol. The van der Waals surface area contributed by atoms with Gasteiger partial charge in [0.15, 0.2) is 5.78 Å². The molecule has 1 aliphatic rings. The quantitative estimate of drug-likeness (QED) is 0.485. The Balaban J connectivity index is 1.75. The summed E-state index contributed by atoms with van der Waals surface area (Å²) in [4.78, 5) is 36.7. The third-order valence-electron chi connectivity index (χ3n) is 4.49. The van der Waals surface area contributed by atoms with Gasteiger partial charge >= 0.3 is 5.97 Å². The molecular weight excluding hydrogens is 346 g/mol. The lowest BCUT2D eigenvalue weighted by atomic mass is 10.00. The molecule has 0 unspecified atom stereocenters. The predicted molar refractivity (Wildman–Crippen MR) is 98.3 cm³/mol. The van der Waals surface area contributed by atoms with Crippen LogP contribution in [-0.4, -0.2) is 27.9 Å². The third kappa shape index (κ3) is 2.64. The Morgan fingerprint density at radius 3 is 2.30 bits per heavy atom. The maximum absolute atomic E-state index is 12.8. The van der Waals surface area contributed by atoms with Crippen LogP contribution in [0.4, 0.5) is 5.69 Å². The topological polar surface area (TPSA) is 104 Å². The normalized spacial score (nSPS) is 11.6. The number of phenolic OH excluding ortho intramolecular Hbond substituents is 1. The van der Waals surface area contributed by atoms with E-state index in [1.54, 1.807) is 24.3 Å². The van der Waals surface area contributed by atoms with Crippen LogP contribution in [-0.2, 0) is 0 Å². The molecule has 0 heterocycles. The number of fused-ring (bicyclic) bond motifs is 3. The number of aromatic hydroxyl groups is 1. The zero-order chi connectivity index (χ0) is 19.1. The molecule has 4 rings (SSSR count). The second-order valence-corrected chi connectivity index (χ2v) is 6.09. The van der Waals surface area contributed by atoms with Gasteiger partial charge in [0.05, 0.1) is 16.8 Å². The Morgan fingerprint density at radius 1 is 0.852 bits per heavy atom. The Morgan fingerprint density at radius 2 is 1.56 bits per heavy atom. The van der Waals surface area contributed by atoms with Crippen LogP contribution in [0.5, 0.6) is 5.75 Å². The summed E-state index contributed by atoms with van der Waals surface area (Å²) in [6.45, 7) is 0. The van der Waals surface area contributed by atoms with E-state index < -0.39 is 11.9 Å². The van der Waals surface area contributed by atoms with Gasteiger partial charge in [0.25, 0.3) is 5.91 Å². The Hall–Kier alpha value is -3.93. The fourth-order valence-corrected chi connectivity index (χ4v) is 3.22. The van der Waals surface area contributed by atoms with Crippen LogP contribution in [0, 0.1) is 0 Å². The van der Waals surface area contributed by atoms with E-state index in [4.69, 9.17) is 5.11 Å². The minimum absolute atomic E-state index is 0.0412. The number of carbonyl (C=O) groups is 3. The van der Waals surface area contributed by atoms with Gasteiger partial charge in [-0.3, -0.25) is 9.59 Å². The summed E-state index contributed by atoms with van der Waals surface area (Å²) in [6.07, 6.45) is 0. The molecule has 0 aromatic heterocycles. The van der Waals surface area contributed by atoms with Crippen LogP contribution < -0.4 is 5.32 Å². The highest BCUT2D eigenvalue weighted by atomic mass is 16.4. The summed E-state index contributed by atoms with van der Waals surface area (Å²) < 4.78 is 0. The van der Waals surface area contributed by atoms with Crippen LogP contribution in [0.1, 0.15) is 36.6 Å². The molecule has 0 aliphatic heterocycles. The summed E-state index contributed by atoms with van der Waals surface area (Å²) in [5.41, 5.74) is 2.31. The van der Waals surface area contributed by atoms with Crippen molar-refractivity contribution >= 4 is 23.3 Å². The van der Waals surface area contributed by atoms with E-state index in [0.717, 1.165) is 11.6 Å². The first-order valence-corrected chi connectivity index (χ1v) is 8.12. The summed E-state index contributed by atoms with van der Waals surface area (Å²) >= 11 is 0. The molecule has 0 fully saturated rings. The van der Waals surface area contributed by atoms with E-state index in [1.807, 2.05) is 12.1 Å². The van der Waals surface area contributed by atoms with Gasteiger partial charge in [-0.2, -0.15) is 0 Å². The second kappa shape index (κ2) is 6.10. The lowest BCUT2D eigenvalue weighted by molar-refractivity contribution is 0.0696. The highest BCUT2D eigenvalue weighted by molar-refractivity contribution is 6.26. The van der Waals surface area contributed by atoms with Crippen molar-refractivity contribution in [3.63, 3.8) is 0 Å². The molecule has 0 saturated heterocycles. The standard InChI is InChI=1S/C21H13NO5/c23-17-9-8-11(21(26)27)10-16(17)22-20(25)15-7-3-6-13-12-4-1-2-5-14(12)19(24)18(13)15/h1-10,23H,(H,22,25)(H,26,27). The smallest absolute Gasteiger partial charge is 0.335 e. The zero-order valence-electron chi connectivity index (χ0n) is 13.9. The van der Waals surface area contributed by atoms with Crippen LogP contribution in [0.3, 0.4) is 0 Å². The number of rotatable bonds is 3. The molecule has 27 heavy (non-hydrogen) atoms. The Kier molecular flexibility index (Phi) is 3.74. The van der Waals surface area contributed by atoms with Gasteiger partial charge in [0.2, 0.25) is 0 Å². The maximum Gasteiger partial charge on any atom is 0.335 e. The zero-order valence-corrected chi connectivity index (χ0v) is 13.9. The summed E-state index contributed by atoms with van der Waals surface area (Å²) in [5, 5.41) is 21.5. The monoisotopic (exact) mass is 359 g/mol. The SMILES string of the molecule is O=C(O)c1ccc(O)c(NC(=O)c2cccc3c2C(=O)c2ccccc2-3)c1. The maximum atomic E-state index is 12.8. The number of ketones is 1. The van der Waals surface area contributed by atoms with Gasteiger partial charge in [0.1, 0.15) is 5.75 Å². The molecule has 3 aromatic carbocycles. The van der Waals surface area contributed by atoms with E-state index in [2.05, 4.69) is 5.32 Å². The number of nitrogens with one attached hydrogen (secondary N) is 1. The molecule has 1 amide bonds. The number of carbonyl (C=O) groups excluding carboxylic acids is 2. The van der Waals surface area contributed by atoms with E-state index >= 15 is 0 Å². The van der Waals surface area contributed by atoms with Crippen LogP contribution in [0.2, 0.25) is 0 Å². The number of amides is 1. The van der Waals surface area contributed by atoms with E-state index in [1.165, 1.54) is 18.2 Å². The molecule has 132 valence electrons. The van der Waals surface area contributed by atoms with Crippen molar-refractivity contribution in [2.24, 2.45) is 0 Å². The van der Waals surface area contributed by atoms with Gasteiger partial charge in [0, 0.05) is 11.1 Å². The molecule has 1 aliphatic carbocycles. The number of hydrogen-bond acceptors (Lipinski definition) is 4. The lowest BCUT2D eigenvalue weighted by Crippen LogP contribution is -2.16. The number of benzene rings is 3. The fourth-order valence-electron chi connectivity index (χ4n) is 3.22. The van der Waals surface area contributed by atoms with Gasteiger partial charge < -0.3 is 15.5 Å². The minimum Gasteiger partial charge on any atom is -0.506 e. The first-order valence-electron chi connectivity index (χ1n) is 8.12. The van der Waals surface area contributed by atoms with Crippen molar-refractivity contribution in [1.82, 2.24) is 0 Å². The molecule has 0 spiro atoms. The average Bonchev–Trinajstić information content (AvgIpc) is 2.96. The fraction of sp³-hybridized carbons (Fsp3) is 0. The first-order chi connectivity index (χ1) is 13.0. The molecule has 0 bridgehead atoms. The summed E-state index contributed by atoms with van der Waals surface area (Å²) in [5.74, 6) is -2.30. The number of carboxylic acid groups (broad SMARTS) is 1. The van der Waals surface area contributed by atoms with Crippen LogP contribution >= 0.6 is 0 Å². The second-order valence-electron chi connectivity index (χ2n) is 6.09. The summed E-state index contributed by atoms with van der Waals surface area (Å²) in [7, 11) is 0. The number of phenols is 1. The van der Waals surface area contributed by atoms with Crippen molar-refractivity contribution in [2.75, 3.05) is 5.32 Å². The molecule has 0 radical (unpaired) electrons. The predicted octanol–water partition coefficient (Wildman–Crippen LogP) is 3.55. The molecule has 0 atom stereocenters. The first kappa shape index (κ1) is 16.5. The molecular formula is C21H13NO5. The van der Waals surface area contributed by atoms with Crippen LogP contribution in [0.15, 0.2) is 60.7 Å². The molecule has 0 saturated carbocycles. The Bertz CT molecular complexity index is 1130. The van der Waals surface area contributed by atoms with E-state index in [9.17, 15) is 19.5 Å². The molecule has 6 nitrogen and oxygen atoms in total. The Labute approximate surface area is 153 Å².